The number of allylic oxidation sites excluding steroid dienone is 7. The van der Waals surface area contributed by atoms with Crippen molar-refractivity contribution in [3.8, 4) is 11.1 Å². The Morgan fingerprint density at radius 2 is 1.45 bits per heavy atom. The molecule has 0 spiro atoms. The molecule has 1 heteroatoms. The smallest absolute Gasteiger partial charge is 0.0497 e. The molecule has 0 amide bonds. The van der Waals surface area contributed by atoms with E-state index in [1.54, 1.807) is 5.57 Å². The zero-order valence-corrected chi connectivity index (χ0v) is 31.2. The second-order valence-corrected chi connectivity index (χ2v) is 17.3. The molecule has 0 bridgehead atoms. The number of benzene rings is 5. The van der Waals surface area contributed by atoms with Gasteiger partial charge in [0.25, 0.3) is 0 Å². The van der Waals surface area contributed by atoms with Gasteiger partial charge in [-0.2, -0.15) is 0 Å². The molecule has 4 atom stereocenters. The Balaban J connectivity index is 1.12. The monoisotopic (exact) mass is 685 g/mol. The van der Waals surface area contributed by atoms with E-state index < -0.39 is 0 Å². The Kier molecular flexibility index (Phi) is 6.77. The van der Waals surface area contributed by atoms with Crippen LogP contribution in [0.5, 0.6) is 0 Å². The molecule has 1 heterocycles. The second-order valence-electron chi connectivity index (χ2n) is 17.3. The number of nitrogens with zero attached hydrogens (tertiary/aromatic N) is 1. The first-order chi connectivity index (χ1) is 25.9. The molecular weight excluding hydrogens is 639 g/mol. The van der Waals surface area contributed by atoms with Crippen LogP contribution in [0.3, 0.4) is 0 Å². The lowest BCUT2D eigenvalue weighted by Gasteiger charge is -2.42. The molecule has 5 aromatic rings. The molecule has 260 valence electrons. The normalized spacial score (nSPS) is 26.4. The summed E-state index contributed by atoms with van der Waals surface area (Å²) in [5, 5.41) is 0. The fourth-order valence-corrected chi connectivity index (χ4v) is 11.5. The molecule has 0 saturated carbocycles. The topological polar surface area (TPSA) is 3.24 Å². The van der Waals surface area contributed by atoms with E-state index in [1.165, 1.54) is 104 Å². The van der Waals surface area contributed by atoms with Gasteiger partial charge in [-0.15, -0.1) is 0 Å². The van der Waals surface area contributed by atoms with E-state index in [0.29, 0.717) is 17.8 Å². The quantitative estimate of drug-likeness (QED) is 0.170. The third-order valence-corrected chi connectivity index (χ3v) is 14.2. The molecule has 0 aromatic heterocycles. The van der Waals surface area contributed by atoms with Crippen molar-refractivity contribution in [1.82, 2.24) is 0 Å². The lowest BCUT2D eigenvalue weighted by molar-refractivity contribution is 0.255. The third-order valence-electron chi connectivity index (χ3n) is 14.2. The summed E-state index contributed by atoms with van der Waals surface area (Å²) < 4.78 is 0. The Morgan fingerprint density at radius 3 is 2.36 bits per heavy atom. The highest BCUT2D eigenvalue weighted by atomic mass is 15.2. The minimum atomic E-state index is -0.0630. The average molecular weight is 686 g/mol. The molecule has 1 aliphatic heterocycles. The molecule has 0 saturated heterocycles. The molecule has 53 heavy (non-hydrogen) atoms. The minimum Gasteiger partial charge on any atom is -0.313 e. The van der Waals surface area contributed by atoms with E-state index in [-0.39, 0.29) is 10.8 Å². The van der Waals surface area contributed by atoms with Gasteiger partial charge in [-0.25, -0.2) is 0 Å². The first kappa shape index (κ1) is 31.4. The van der Waals surface area contributed by atoms with Gasteiger partial charge in [0.1, 0.15) is 0 Å². The van der Waals surface area contributed by atoms with Gasteiger partial charge < -0.3 is 4.90 Å². The molecule has 11 rings (SSSR count). The fraction of sp³-hybridized carbons (Fsp3) is 0.269. The van der Waals surface area contributed by atoms with E-state index >= 15 is 0 Å². The van der Waals surface area contributed by atoms with Crippen LogP contribution in [0.4, 0.5) is 11.4 Å². The Labute approximate surface area is 315 Å². The highest BCUT2D eigenvalue weighted by molar-refractivity contribution is 5.99. The van der Waals surface area contributed by atoms with Gasteiger partial charge in [-0.05, 0) is 129 Å². The zero-order chi connectivity index (χ0) is 35.5. The number of hydrogen-bond donors (Lipinski definition) is 0. The maximum absolute atomic E-state index is 2.66. The van der Waals surface area contributed by atoms with Crippen molar-refractivity contribution >= 4 is 22.5 Å². The lowest BCUT2D eigenvalue weighted by Crippen LogP contribution is -2.31. The molecule has 1 nitrogen and oxygen atoms in total. The van der Waals surface area contributed by atoms with E-state index in [9.17, 15) is 0 Å². The summed E-state index contributed by atoms with van der Waals surface area (Å²) in [6.07, 6.45) is 19.2. The maximum Gasteiger partial charge on any atom is 0.0497 e. The average Bonchev–Trinajstić information content (AvgIpc) is 3.51. The Hall–Kier alpha value is -5.14. The van der Waals surface area contributed by atoms with Gasteiger partial charge in [0.2, 0.25) is 0 Å². The predicted molar refractivity (Wildman–Crippen MR) is 222 cm³/mol. The van der Waals surface area contributed by atoms with Gasteiger partial charge in [0, 0.05) is 39.9 Å². The van der Waals surface area contributed by atoms with Gasteiger partial charge in [-0.1, -0.05) is 142 Å². The molecule has 2 unspecified atom stereocenters. The minimum absolute atomic E-state index is 0.0630. The zero-order valence-electron chi connectivity index (χ0n) is 31.2. The Morgan fingerprint density at radius 1 is 0.660 bits per heavy atom. The summed E-state index contributed by atoms with van der Waals surface area (Å²) in [4.78, 5) is 2.66. The van der Waals surface area contributed by atoms with Gasteiger partial charge in [-0.3, -0.25) is 0 Å². The first-order valence-corrected chi connectivity index (χ1v) is 20.1. The van der Waals surface area contributed by atoms with Crippen molar-refractivity contribution < 1.29 is 0 Å². The SMILES string of the molecule is CC1(C)c2ccccc2C2=C3C(Cc4cccc1c42)c1ccccc1N3c1ccc2c(c1)-c1ccccc1/C1=C\CCC[C@]3(C)C=CC=CC3CC[C@H]12. The van der Waals surface area contributed by atoms with Crippen molar-refractivity contribution in [3.05, 3.63) is 190 Å². The Bertz CT molecular complexity index is 2480. The van der Waals surface area contributed by atoms with Gasteiger partial charge >= 0.3 is 0 Å². The number of fused-ring (bicyclic) bond motifs is 12. The predicted octanol–water partition coefficient (Wildman–Crippen LogP) is 13.4. The summed E-state index contributed by atoms with van der Waals surface area (Å²) in [6, 6.07) is 42.4. The summed E-state index contributed by atoms with van der Waals surface area (Å²) in [5.74, 6) is 1.29. The van der Waals surface area contributed by atoms with Crippen LogP contribution in [-0.2, 0) is 11.8 Å². The van der Waals surface area contributed by atoms with Crippen molar-refractivity contribution in [2.75, 3.05) is 4.90 Å². The molecule has 0 fully saturated rings. The number of anilines is 2. The summed E-state index contributed by atoms with van der Waals surface area (Å²) >= 11 is 0. The number of rotatable bonds is 1. The summed E-state index contributed by atoms with van der Waals surface area (Å²) in [7, 11) is 0. The molecule has 0 radical (unpaired) electrons. The fourth-order valence-electron chi connectivity index (χ4n) is 11.5. The van der Waals surface area contributed by atoms with E-state index in [2.05, 4.69) is 165 Å². The number of para-hydroxylation sites is 1. The second kappa shape index (κ2) is 11.4. The summed E-state index contributed by atoms with van der Waals surface area (Å²) in [6.45, 7) is 7.33. The van der Waals surface area contributed by atoms with Crippen LogP contribution in [0.2, 0.25) is 0 Å². The van der Waals surface area contributed by atoms with Crippen molar-refractivity contribution in [1.29, 1.82) is 0 Å². The van der Waals surface area contributed by atoms with Crippen LogP contribution in [0.1, 0.15) is 109 Å². The van der Waals surface area contributed by atoms with Gasteiger partial charge in [0.15, 0.2) is 0 Å². The van der Waals surface area contributed by atoms with Crippen LogP contribution >= 0.6 is 0 Å². The van der Waals surface area contributed by atoms with Crippen LogP contribution < -0.4 is 4.90 Å². The van der Waals surface area contributed by atoms with Gasteiger partial charge in [0.05, 0.1) is 0 Å². The van der Waals surface area contributed by atoms with E-state index in [0.717, 1.165) is 12.8 Å². The highest BCUT2D eigenvalue weighted by Gasteiger charge is 2.46. The lowest BCUT2D eigenvalue weighted by atomic mass is 9.63. The van der Waals surface area contributed by atoms with Crippen molar-refractivity contribution in [2.24, 2.45) is 11.3 Å². The molecule has 6 aliphatic rings. The van der Waals surface area contributed by atoms with Crippen molar-refractivity contribution in [2.45, 2.75) is 76.5 Å². The van der Waals surface area contributed by atoms with E-state index in [4.69, 9.17) is 0 Å². The molecule has 0 N–H and O–H groups in total. The molecule has 5 aromatic carbocycles. The third kappa shape index (κ3) is 4.43. The van der Waals surface area contributed by atoms with Crippen LogP contribution in [0.25, 0.3) is 22.3 Å². The molecular formula is C52H47N. The van der Waals surface area contributed by atoms with E-state index in [1.807, 2.05) is 0 Å². The highest BCUT2D eigenvalue weighted by Crippen LogP contribution is 2.60. The van der Waals surface area contributed by atoms with Crippen molar-refractivity contribution in [3.63, 3.8) is 0 Å². The van der Waals surface area contributed by atoms with Crippen LogP contribution in [-0.4, -0.2) is 0 Å². The number of hydrogen-bond acceptors (Lipinski definition) is 1. The summed E-state index contributed by atoms with van der Waals surface area (Å²) in [5.41, 5.74) is 21.6. The largest absolute Gasteiger partial charge is 0.313 e. The molecule has 5 aliphatic carbocycles. The standard InChI is InChI=1S/C52H47N/c1-51(2)45-22-8-6-21-42(45)49-48-33(15-14-23-46(48)51)31-44-41-20-7-9-24-47(41)53(50(44)49)35-26-28-40-39-27-25-34-16-10-12-29-52(34,3)30-13-11-19-37(39)36-17-4-5-18-38(36)43(40)32-35/h4-10,12,14-24,26,28-29,32,34,39,44H,11,13,25,27,30-31H2,1-3H3/b37-19+/t34?,39-,44?,52+/m1/s1. The van der Waals surface area contributed by atoms with Crippen LogP contribution in [0.15, 0.2) is 145 Å². The van der Waals surface area contributed by atoms with Crippen LogP contribution in [0, 0.1) is 11.3 Å². The maximum atomic E-state index is 2.66. The first-order valence-electron chi connectivity index (χ1n) is 20.1.